The highest BCUT2D eigenvalue weighted by Gasteiger charge is 2.11. The predicted octanol–water partition coefficient (Wildman–Crippen LogP) is 4.86. The number of thiazole rings is 1. The van der Waals surface area contributed by atoms with E-state index in [1.807, 2.05) is 24.4 Å². The van der Waals surface area contributed by atoms with Crippen molar-refractivity contribution in [3.8, 4) is 0 Å². The lowest BCUT2D eigenvalue weighted by Crippen LogP contribution is -2.18. The summed E-state index contributed by atoms with van der Waals surface area (Å²) in [4.78, 5) is 5.74. The van der Waals surface area contributed by atoms with Crippen molar-refractivity contribution < 1.29 is 0 Å². The molecule has 1 heterocycles. The van der Waals surface area contributed by atoms with Gasteiger partial charge in [0.05, 0.1) is 6.04 Å². The molecule has 0 saturated heterocycles. The van der Waals surface area contributed by atoms with Gasteiger partial charge in [0.25, 0.3) is 0 Å². The summed E-state index contributed by atoms with van der Waals surface area (Å²) in [6.07, 6.45) is 2.97. The normalized spacial score (nSPS) is 12.6. The smallest absolute Gasteiger partial charge is 0.109 e. The highest BCUT2D eigenvalue weighted by atomic mass is 35.5. The summed E-state index contributed by atoms with van der Waals surface area (Å²) >= 11 is 14.0. The second kappa shape index (κ2) is 6.71. The molecule has 1 atom stereocenters. The minimum Gasteiger partial charge on any atom is -0.304 e. The first-order chi connectivity index (χ1) is 9.11. The molecule has 1 unspecified atom stereocenters. The molecule has 0 aliphatic heterocycles. The van der Waals surface area contributed by atoms with E-state index in [4.69, 9.17) is 23.2 Å². The molecule has 0 saturated carbocycles. The average Bonchev–Trinajstić information content (AvgIpc) is 2.86. The van der Waals surface area contributed by atoms with E-state index < -0.39 is 0 Å². The summed E-state index contributed by atoms with van der Waals surface area (Å²) < 4.78 is 0. The SMILES string of the molecule is CCc1cnc(C(C)NCc2c(Cl)cccc2Cl)s1. The molecule has 0 bridgehead atoms. The first-order valence-electron chi connectivity index (χ1n) is 6.22. The number of rotatable bonds is 5. The maximum absolute atomic E-state index is 6.15. The Kier molecular flexibility index (Phi) is 5.22. The Bertz CT molecular complexity index is 534. The van der Waals surface area contributed by atoms with Crippen LogP contribution in [0.25, 0.3) is 0 Å². The van der Waals surface area contributed by atoms with E-state index in [9.17, 15) is 0 Å². The molecule has 0 amide bonds. The molecule has 19 heavy (non-hydrogen) atoms. The molecule has 0 aliphatic carbocycles. The van der Waals surface area contributed by atoms with Gasteiger partial charge < -0.3 is 5.32 Å². The van der Waals surface area contributed by atoms with Gasteiger partial charge in [-0.1, -0.05) is 36.2 Å². The van der Waals surface area contributed by atoms with Crippen molar-refractivity contribution >= 4 is 34.5 Å². The Balaban J connectivity index is 2.02. The summed E-state index contributed by atoms with van der Waals surface area (Å²) in [6.45, 7) is 4.88. The average molecular weight is 315 g/mol. The lowest BCUT2D eigenvalue weighted by Gasteiger charge is -2.13. The van der Waals surface area contributed by atoms with Gasteiger partial charge in [0, 0.05) is 33.2 Å². The van der Waals surface area contributed by atoms with Crippen molar-refractivity contribution in [1.29, 1.82) is 0 Å². The number of aromatic nitrogens is 1. The van der Waals surface area contributed by atoms with Gasteiger partial charge in [-0.2, -0.15) is 0 Å². The molecule has 2 rings (SSSR count). The molecular weight excluding hydrogens is 299 g/mol. The molecule has 0 aliphatic rings. The molecule has 1 aromatic heterocycles. The molecule has 0 spiro atoms. The van der Waals surface area contributed by atoms with E-state index >= 15 is 0 Å². The van der Waals surface area contributed by atoms with Gasteiger partial charge in [-0.25, -0.2) is 4.98 Å². The molecule has 2 aromatic rings. The van der Waals surface area contributed by atoms with Gasteiger partial charge in [-0.15, -0.1) is 11.3 Å². The van der Waals surface area contributed by atoms with Gasteiger partial charge in [-0.3, -0.25) is 0 Å². The monoisotopic (exact) mass is 314 g/mol. The number of halogens is 2. The summed E-state index contributed by atoms with van der Waals surface area (Å²) in [5.74, 6) is 0. The first kappa shape index (κ1) is 14.8. The van der Waals surface area contributed by atoms with Crippen LogP contribution >= 0.6 is 34.5 Å². The van der Waals surface area contributed by atoms with Gasteiger partial charge in [0.2, 0.25) is 0 Å². The number of nitrogens with zero attached hydrogens (tertiary/aromatic N) is 1. The van der Waals surface area contributed by atoms with Crippen molar-refractivity contribution in [2.45, 2.75) is 32.9 Å². The Hall–Kier alpha value is -0.610. The lowest BCUT2D eigenvalue weighted by atomic mass is 10.2. The maximum atomic E-state index is 6.15. The standard InChI is InChI=1S/C14H16Cl2N2S/c1-3-10-7-18-14(19-10)9(2)17-8-11-12(15)5-4-6-13(11)16/h4-7,9,17H,3,8H2,1-2H3. The van der Waals surface area contributed by atoms with Crippen LogP contribution in [0.3, 0.4) is 0 Å². The number of nitrogens with one attached hydrogen (secondary N) is 1. The minimum absolute atomic E-state index is 0.192. The van der Waals surface area contributed by atoms with E-state index in [0.29, 0.717) is 16.6 Å². The highest BCUT2D eigenvalue weighted by Crippen LogP contribution is 2.26. The van der Waals surface area contributed by atoms with Crippen LogP contribution < -0.4 is 5.32 Å². The molecule has 1 N–H and O–H groups in total. The number of hydrogen-bond donors (Lipinski definition) is 1. The maximum Gasteiger partial charge on any atom is 0.109 e. The second-order valence-corrected chi connectivity index (χ2v) is 6.28. The summed E-state index contributed by atoms with van der Waals surface area (Å²) in [7, 11) is 0. The lowest BCUT2D eigenvalue weighted by molar-refractivity contribution is 0.572. The van der Waals surface area contributed by atoms with Crippen molar-refractivity contribution in [3.05, 3.63) is 49.9 Å². The second-order valence-electron chi connectivity index (χ2n) is 4.32. The van der Waals surface area contributed by atoms with E-state index in [2.05, 4.69) is 24.1 Å². The third-order valence-electron chi connectivity index (χ3n) is 2.94. The predicted molar refractivity (Wildman–Crippen MR) is 83.2 cm³/mol. The van der Waals surface area contributed by atoms with Gasteiger partial charge in [0.1, 0.15) is 5.01 Å². The van der Waals surface area contributed by atoms with Gasteiger partial charge in [0.15, 0.2) is 0 Å². The molecule has 102 valence electrons. The van der Waals surface area contributed by atoms with Crippen LogP contribution in [0.1, 0.15) is 35.3 Å². The molecule has 2 nitrogen and oxygen atoms in total. The van der Waals surface area contributed by atoms with Crippen LogP contribution in [0, 0.1) is 0 Å². The molecular formula is C14H16Cl2N2S. The van der Waals surface area contributed by atoms with Crippen molar-refractivity contribution in [1.82, 2.24) is 10.3 Å². The minimum atomic E-state index is 0.192. The van der Waals surface area contributed by atoms with Crippen LogP contribution in [0.2, 0.25) is 10.0 Å². The van der Waals surface area contributed by atoms with Crippen molar-refractivity contribution in [2.24, 2.45) is 0 Å². The third kappa shape index (κ3) is 3.69. The van der Waals surface area contributed by atoms with E-state index in [-0.39, 0.29) is 6.04 Å². The zero-order valence-corrected chi connectivity index (χ0v) is 13.2. The zero-order valence-electron chi connectivity index (χ0n) is 10.9. The highest BCUT2D eigenvalue weighted by molar-refractivity contribution is 7.11. The van der Waals surface area contributed by atoms with Crippen LogP contribution in [0.15, 0.2) is 24.4 Å². The molecule has 1 aromatic carbocycles. The molecule has 5 heteroatoms. The fraction of sp³-hybridized carbons (Fsp3) is 0.357. The Morgan fingerprint density at radius 1 is 1.32 bits per heavy atom. The van der Waals surface area contributed by atoms with Crippen LogP contribution in [0.5, 0.6) is 0 Å². The van der Waals surface area contributed by atoms with E-state index in [1.54, 1.807) is 11.3 Å². The number of hydrogen-bond acceptors (Lipinski definition) is 3. The van der Waals surface area contributed by atoms with Gasteiger partial charge >= 0.3 is 0 Å². The summed E-state index contributed by atoms with van der Waals surface area (Å²) in [6, 6.07) is 5.76. The molecule has 0 radical (unpaired) electrons. The summed E-state index contributed by atoms with van der Waals surface area (Å²) in [5, 5.41) is 5.90. The zero-order chi connectivity index (χ0) is 13.8. The van der Waals surface area contributed by atoms with Crippen LogP contribution in [-0.2, 0) is 13.0 Å². The summed E-state index contributed by atoms with van der Waals surface area (Å²) in [5.41, 5.74) is 0.935. The van der Waals surface area contributed by atoms with Crippen LogP contribution in [-0.4, -0.2) is 4.98 Å². The largest absolute Gasteiger partial charge is 0.304 e. The van der Waals surface area contributed by atoms with Gasteiger partial charge in [-0.05, 0) is 25.5 Å². The fourth-order valence-electron chi connectivity index (χ4n) is 1.73. The Morgan fingerprint density at radius 2 is 2.00 bits per heavy atom. The fourth-order valence-corrected chi connectivity index (χ4v) is 3.14. The Morgan fingerprint density at radius 3 is 2.58 bits per heavy atom. The quantitative estimate of drug-likeness (QED) is 0.852. The third-order valence-corrected chi connectivity index (χ3v) is 4.97. The van der Waals surface area contributed by atoms with E-state index in [1.165, 1.54) is 4.88 Å². The number of aryl methyl sites for hydroxylation is 1. The van der Waals surface area contributed by atoms with Crippen LogP contribution in [0.4, 0.5) is 0 Å². The van der Waals surface area contributed by atoms with E-state index in [0.717, 1.165) is 17.0 Å². The number of benzene rings is 1. The van der Waals surface area contributed by atoms with Crippen molar-refractivity contribution in [2.75, 3.05) is 0 Å². The topological polar surface area (TPSA) is 24.9 Å². The molecule has 0 fully saturated rings. The van der Waals surface area contributed by atoms with Crippen molar-refractivity contribution in [3.63, 3.8) is 0 Å². The first-order valence-corrected chi connectivity index (χ1v) is 7.80. The Labute approximate surface area is 127 Å².